The average molecular weight is 483 g/mol. The highest BCUT2D eigenvalue weighted by Gasteiger charge is 2.29. The van der Waals surface area contributed by atoms with Crippen LogP contribution in [-0.4, -0.2) is 42.8 Å². The molecule has 34 heavy (non-hydrogen) atoms. The van der Waals surface area contributed by atoms with Crippen LogP contribution in [0.4, 0.5) is 0 Å². The van der Waals surface area contributed by atoms with Crippen LogP contribution in [-0.2, 0) is 6.42 Å². The number of phenolic OH excluding ortho intramolecular Hbond substituents is 6. The van der Waals surface area contributed by atoms with Gasteiger partial charge in [-0.2, -0.15) is 0 Å². The van der Waals surface area contributed by atoms with Gasteiger partial charge in [0.25, 0.3) is 5.91 Å². The molecule has 0 bridgehead atoms. The van der Waals surface area contributed by atoms with Gasteiger partial charge in [-0.3, -0.25) is 9.59 Å². The molecule has 1 atom stereocenters. The SMILES string of the molecule is CSc1ccc2c(cc1=O)C(NC(=O)c1cc(O)c(O)c(O)c1)CCc1cc(O)c(O)c(O)c1-2. The Bertz CT molecular complexity index is 1370. The van der Waals surface area contributed by atoms with E-state index >= 15 is 0 Å². The first kappa shape index (κ1) is 23.1. The Balaban J connectivity index is 1.88. The first-order valence-corrected chi connectivity index (χ1v) is 11.4. The van der Waals surface area contributed by atoms with E-state index in [1.165, 1.54) is 23.9 Å². The van der Waals surface area contributed by atoms with Gasteiger partial charge >= 0.3 is 0 Å². The molecule has 176 valence electrons. The second kappa shape index (κ2) is 8.71. The zero-order valence-corrected chi connectivity index (χ0v) is 18.7. The van der Waals surface area contributed by atoms with Crippen molar-refractivity contribution in [2.45, 2.75) is 23.8 Å². The molecule has 1 aliphatic carbocycles. The number of phenols is 6. The average Bonchev–Trinajstić information content (AvgIpc) is 3.04. The third-order valence-electron chi connectivity index (χ3n) is 5.78. The van der Waals surface area contributed by atoms with E-state index < -0.39 is 46.4 Å². The van der Waals surface area contributed by atoms with Gasteiger partial charge in [-0.25, -0.2) is 0 Å². The lowest BCUT2D eigenvalue weighted by Crippen LogP contribution is -2.29. The van der Waals surface area contributed by atoms with Gasteiger partial charge in [-0.15, -0.1) is 11.8 Å². The molecule has 3 aromatic carbocycles. The smallest absolute Gasteiger partial charge is 0.252 e. The molecule has 0 radical (unpaired) electrons. The van der Waals surface area contributed by atoms with E-state index in [1.54, 1.807) is 18.4 Å². The van der Waals surface area contributed by atoms with Crippen molar-refractivity contribution < 1.29 is 35.4 Å². The predicted octanol–water partition coefficient (Wildman–Crippen LogP) is 3.09. The Morgan fingerprint density at radius 3 is 2.21 bits per heavy atom. The van der Waals surface area contributed by atoms with Gasteiger partial charge in [-0.1, -0.05) is 6.07 Å². The minimum absolute atomic E-state index is 0.123. The number of hydrogen-bond acceptors (Lipinski definition) is 9. The highest BCUT2D eigenvalue weighted by Crippen LogP contribution is 2.49. The third kappa shape index (κ3) is 3.92. The number of aromatic hydroxyl groups is 6. The number of rotatable bonds is 3. The van der Waals surface area contributed by atoms with Crippen LogP contribution in [0, 0.1) is 0 Å². The normalized spacial score (nSPS) is 14.6. The molecule has 0 heterocycles. The van der Waals surface area contributed by atoms with Crippen molar-refractivity contribution in [3.05, 3.63) is 63.3 Å². The highest BCUT2D eigenvalue weighted by molar-refractivity contribution is 7.98. The van der Waals surface area contributed by atoms with E-state index in [-0.39, 0.29) is 29.4 Å². The lowest BCUT2D eigenvalue weighted by Gasteiger charge is -2.19. The summed E-state index contributed by atoms with van der Waals surface area (Å²) in [7, 11) is 0. The van der Waals surface area contributed by atoms with E-state index in [2.05, 4.69) is 5.32 Å². The third-order valence-corrected chi connectivity index (χ3v) is 6.56. The lowest BCUT2D eigenvalue weighted by atomic mass is 9.95. The van der Waals surface area contributed by atoms with Crippen LogP contribution in [0.2, 0.25) is 0 Å². The minimum atomic E-state index is -0.755. The molecule has 1 unspecified atom stereocenters. The summed E-state index contributed by atoms with van der Waals surface area (Å²) in [5.41, 5.74) is 1.09. The number of carbonyl (C=O) groups excluding carboxylic acids is 1. The van der Waals surface area contributed by atoms with Gasteiger partial charge in [0.1, 0.15) is 0 Å². The molecule has 0 saturated heterocycles. The summed E-state index contributed by atoms with van der Waals surface area (Å²) in [5.74, 6) is -4.52. The second-order valence-corrected chi connectivity index (χ2v) is 8.68. The second-order valence-electron chi connectivity index (χ2n) is 7.83. The Hall–Kier alpha value is -4.05. The predicted molar refractivity (Wildman–Crippen MR) is 125 cm³/mol. The summed E-state index contributed by atoms with van der Waals surface area (Å²) in [4.78, 5) is 26.2. The number of amides is 1. The summed E-state index contributed by atoms with van der Waals surface area (Å²) in [6.45, 7) is 0. The molecule has 3 aromatic rings. The summed E-state index contributed by atoms with van der Waals surface area (Å²) < 4.78 is 0. The fourth-order valence-electron chi connectivity index (χ4n) is 4.09. The summed E-state index contributed by atoms with van der Waals surface area (Å²) in [6.07, 6.45) is 2.28. The van der Waals surface area contributed by atoms with Crippen LogP contribution in [0.15, 0.2) is 46.1 Å². The minimum Gasteiger partial charge on any atom is -0.504 e. The Morgan fingerprint density at radius 2 is 1.56 bits per heavy atom. The van der Waals surface area contributed by atoms with Crippen LogP contribution in [0.25, 0.3) is 11.1 Å². The molecule has 1 aliphatic rings. The number of carbonyl (C=O) groups is 1. The van der Waals surface area contributed by atoms with Crippen molar-refractivity contribution in [3.8, 4) is 45.6 Å². The molecule has 1 amide bonds. The maximum Gasteiger partial charge on any atom is 0.252 e. The van der Waals surface area contributed by atoms with E-state index in [9.17, 15) is 40.2 Å². The molecule has 0 saturated carbocycles. The van der Waals surface area contributed by atoms with Gasteiger partial charge in [0.2, 0.25) is 5.75 Å². The van der Waals surface area contributed by atoms with E-state index in [0.717, 1.165) is 12.1 Å². The molecule has 0 aliphatic heterocycles. The Morgan fingerprint density at radius 1 is 0.912 bits per heavy atom. The standard InChI is InChI=1S/C24H21NO8S/c1-34-19-5-3-12-13(9-15(19)26)14(4-2-10-6-18(29)22(31)23(32)20(10)12)25-24(33)11-7-16(27)21(30)17(28)8-11/h3,5-9,14,27-32H,2,4H2,1H3,(H,25,33). The summed E-state index contributed by atoms with van der Waals surface area (Å²) >= 11 is 1.23. The van der Waals surface area contributed by atoms with Crippen LogP contribution in [0.1, 0.15) is 33.9 Å². The molecule has 0 spiro atoms. The summed E-state index contributed by atoms with van der Waals surface area (Å²) in [6, 6.07) is 7.12. The number of aryl methyl sites for hydroxylation is 1. The number of hydrogen-bond donors (Lipinski definition) is 7. The monoisotopic (exact) mass is 483 g/mol. The summed E-state index contributed by atoms with van der Waals surface area (Å²) in [5, 5.41) is 62.6. The van der Waals surface area contributed by atoms with E-state index in [4.69, 9.17) is 0 Å². The van der Waals surface area contributed by atoms with Crippen LogP contribution in [0.5, 0.6) is 34.5 Å². The van der Waals surface area contributed by atoms with Gasteiger partial charge in [0.15, 0.2) is 34.2 Å². The molecule has 7 N–H and O–H groups in total. The number of benzene rings is 2. The fourth-order valence-corrected chi connectivity index (χ4v) is 4.55. The van der Waals surface area contributed by atoms with Gasteiger partial charge in [0, 0.05) is 11.1 Å². The van der Waals surface area contributed by atoms with Crippen molar-refractivity contribution >= 4 is 17.7 Å². The quantitative estimate of drug-likeness (QED) is 0.219. The number of thioether (sulfide) groups is 1. The molecule has 0 fully saturated rings. The first-order chi connectivity index (χ1) is 16.1. The Labute approximate surface area is 197 Å². The number of nitrogens with one attached hydrogen (secondary N) is 1. The lowest BCUT2D eigenvalue weighted by molar-refractivity contribution is 0.0934. The molecular weight excluding hydrogens is 462 g/mol. The zero-order chi connectivity index (χ0) is 24.7. The van der Waals surface area contributed by atoms with Crippen LogP contribution in [0.3, 0.4) is 0 Å². The molecular formula is C24H21NO8S. The maximum atomic E-state index is 13.0. The molecule has 9 nitrogen and oxygen atoms in total. The highest BCUT2D eigenvalue weighted by atomic mass is 32.2. The van der Waals surface area contributed by atoms with Crippen molar-refractivity contribution in [2.24, 2.45) is 0 Å². The van der Waals surface area contributed by atoms with Crippen molar-refractivity contribution in [1.82, 2.24) is 5.32 Å². The van der Waals surface area contributed by atoms with Gasteiger partial charge in [0.05, 0.1) is 10.9 Å². The zero-order valence-electron chi connectivity index (χ0n) is 17.9. The van der Waals surface area contributed by atoms with E-state index in [1.807, 2.05) is 0 Å². The molecule has 4 rings (SSSR count). The van der Waals surface area contributed by atoms with Gasteiger partial charge in [-0.05, 0) is 66.1 Å². The maximum absolute atomic E-state index is 13.0. The first-order valence-electron chi connectivity index (χ1n) is 10.2. The van der Waals surface area contributed by atoms with E-state index in [0.29, 0.717) is 21.6 Å². The van der Waals surface area contributed by atoms with Gasteiger partial charge < -0.3 is 36.0 Å². The molecule has 0 aromatic heterocycles. The Kier molecular flexibility index (Phi) is 5.92. The number of fused-ring (bicyclic) bond motifs is 3. The van der Waals surface area contributed by atoms with Crippen molar-refractivity contribution in [1.29, 1.82) is 0 Å². The van der Waals surface area contributed by atoms with Crippen LogP contribution < -0.4 is 10.7 Å². The van der Waals surface area contributed by atoms with Crippen molar-refractivity contribution in [3.63, 3.8) is 0 Å². The van der Waals surface area contributed by atoms with Crippen LogP contribution >= 0.6 is 11.8 Å². The van der Waals surface area contributed by atoms with Crippen molar-refractivity contribution in [2.75, 3.05) is 6.26 Å². The topological polar surface area (TPSA) is 168 Å². The largest absolute Gasteiger partial charge is 0.504 e. The fraction of sp³-hybridized carbons (Fsp3) is 0.167. The molecule has 10 heteroatoms.